The molecule has 0 saturated heterocycles. The number of rotatable bonds is 11. The molecule has 0 aromatic heterocycles. The van der Waals surface area contributed by atoms with Crippen LogP contribution in [0.5, 0.6) is 0 Å². The van der Waals surface area contributed by atoms with Gasteiger partial charge in [0.2, 0.25) is 0 Å². The van der Waals surface area contributed by atoms with Crippen LogP contribution in [-0.4, -0.2) is 33.6 Å². The van der Waals surface area contributed by atoms with E-state index in [4.69, 9.17) is 5.11 Å². The largest absolute Gasteiger partial charge is 0.393 e. The first-order chi connectivity index (χ1) is 8.04. The molecule has 104 valence electrons. The van der Waals surface area contributed by atoms with Crippen LogP contribution in [0.4, 0.5) is 0 Å². The zero-order chi connectivity index (χ0) is 13.1. The Morgan fingerprint density at radius 3 is 1.88 bits per heavy atom. The molecule has 2 atom stereocenters. The van der Waals surface area contributed by atoms with Gasteiger partial charge in [0.25, 0.3) is 0 Å². The van der Waals surface area contributed by atoms with Crippen molar-refractivity contribution < 1.29 is 15.3 Å². The van der Waals surface area contributed by atoms with Gasteiger partial charge in [0.1, 0.15) is 5.60 Å². The summed E-state index contributed by atoms with van der Waals surface area (Å²) in [5.74, 6) is 0. The molecule has 0 aliphatic heterocycles. The van der Waals surface area contributed by atoms with Crippen molar-refractivity contribution in [1.29, 1.82) is 0 Å². The van der Waals surface area contributed by atoms with Gasteiger partial charge in [-0.05, 0) is 13.3 Å². The molecule has 3 heteroatoms. The SMILES string of the molecule is CCCCCCCCCCC(O)C(C)(O)CO. The Morgan fingerprint density at radius 1 is 0.941 bits per heavy atom. The third-order valence-electron chi connectivity index (χ3n) is 3.37. The molecule has 3 nitrogen and oxygen atoms in total. The summed E-state index contributed by atoms with van der Waals surface area (Å²) in [5.41, 5.74) is -1.35. The Labute approximate surface area is 106 Å². The third-order valence-corrected chi connectivity index (χ3v) is 3.37. The van der Waals surface area contributed by atoms with Crippen LogP contribution in [0.25, 0.3) is 0 Å². The lowest BCUT2D eigenvalue weighted by Gasteiger charge is -2.26. The van der Waals surface area contributed by atoms with Crippen molar-refractivity contribution in [2.75, 3.05) is 6.61 Å². The topological polar surface area (TPSA) is 60.7 Å². The standard InChI is InChI=1S/C14H30O3/c1-3-4-5-6-7-8-9-10-11-13(16)14(2,17)12-15/h13,15-17H,3-12H2,1-2H3. The van der Waals surface area contributed by atoms with Crippen molar-refractivity contribution >= 4 is 0 Å². The van der Waals surface area contributed by atoms with Crippen LogP contribution in [0.15, 0.2) is 0 Å². The van der Waals surface area contributed by atoms with E-state index in [-0.39, 0.29) is 6.61 Å². The fraction of sp³-hybridized carbons (Fsp3) is 1.00. The van der Waals surface area contributed by atoms with Crippen molar-refractivity contribution in [3.63, 3.8) is 0 Å². The molecule has 17 heavy (non-hydrogen) atoms. The first kappa shape index (κ1) is 16.9. The van der Waals surface area contributed by atoms with Crippen molar-refractivity contribution in [1.82, 2.24) is 0 Å². The fourth-order valence-corrected chi connectivity index (χ4v) is 1.89. The maximum atomic E-state index is 9.64. The molecule has 0 fully saturated rings. The van der Waals surface area contributed by atoms with Crippen molar-refractivity contribution in [2.45, 2.75) is 83.3 Å². The molecule has 0 aliphatic carbocycles. The van der Waals surface area contributed by atoms with Crippen LogP contribution < -0.4 is 0 Å². The van der Waals surface area contributed by atoms with E-state index in [1.165, 1.54) is 45.4 Å². The summed E-state index contributed by atoms with van der Waals surface area (Å²) >= 11 is 0. The van der Waals surface area contributed by atoms with Crippen LogP contribution in [0.3, 0.4) is 0 Å². The lowest BCUT2D eigenvalue weighted by atomic mass is 9.95. The average molecular weight is 246 g/mol. The van der Waals surface area contributed by atoms with Crippen LogP contribution in [-0.2, 0) is 0 Å². The molecular formula is C14H30O3. The third kappa shape index (κ3) is 8.58. The normalized spacial score (nSPS) is 16.8. The van der Waals surface area contributed by atoms with Gasteiger partial charge >= 0.3 is 0 Å². The van der Waals surface area contributed by atoms with Crippen LogP contribution in [0.2, 0.25) is 0 Å². The molecule has 0 aromatic rings. The Kier molecular flexibility index (Phi) is 9.79. The average Bonchev–Trinajstić information content (AvgIpc) is 2.32. The predicted octanol–water partition coefficient (Wildman–Crippen LogP) is 2.62. The minimum Gasteiger partial charge on any atom is -0.393 e. The van der Waals surface area contributed by atoms with E-state index in [0.29, 0.717) is 6.42 Å². The highest BCUT2D eigenvalue weighted by molar-refractivity contribution is 4.80. The highest BCUT2D eigenvalue weighted by Gasteiger charge is 2.28. The molecule has 0 radical (unpaired) electrons. The quantitative estimate of drug-likeness (QED) is 0.491. The molecule has 2 unspecified atom stereocenters. The summed E-state index contributed by atoms with van der Waals surface area (Å²) < 4.78 is 0. The minimum absolute atomic E-state index is 0.384. The highest BCUT2D eigenvalue weighted by atomic mass is 16.4. The van der Waals surface area contributed by atoms with Crippen LogP contribution in [0, 0.1) is 0 Å². The zero-order valence-corrected chi connectivity index (χ0v) is 11.5. The number of hydrogen-bond donors (Lipinski definition) is 3. The van der Waals surface area contributed by atoms with Crippen molar-refractivity contribution in [3.8, 4) is 0 Å². The van der Waals surface area contributed by atoms with Gasteiger partial charge in [-0.1, -0.05) is 58.3 Å². The van der Waals surface area contributed by atoms with E-state index in [0.717, 1.165) is 12.8 Å². The second kappa shape index (κ2) is 9.86. The van der Waals surface area contributed by atoms with Gasteiger partial charge in [-0.3, -0.25) is 0 Å². The lowest BCUT2D eigenvalue weighted by molar-refractivity contribution is -0.0951. The summed E-state index contributed by atoms with van der Waals surface area (Å²) in [6, 6.07) is 0. The van der Waals surface area contributed by atoms with E-state index in [2.05, 4.69) is 6.92 Å². The molecule has 0 aliphatic rings. The van der Waals surface area contributed by atoms with Gasteiger partial charge in [-0.15, -0.1) is 0 Å². The van der Waals surface area contributed by atoms with E-state index < -0.39 is 11.7 Å². The maximum Gasteiger partial charge on any atom is 0.111 e. The first-order valence-corrected chi connectivity index (χ1v) is 7.06. The Bertz CT molecular complexity index is 169. The summed E-state index contributed by atoms with van der Waals surface area (Å²) in [4.78, 5) is 0. The van der Waals surface area contributed by atoms with Gasteiger partial charge in [-0.2, -0.15) is 0 Å². The fourth-order valence-electron chi connectivity index (χ4n) is 1.89. The van der Waals surface area contributed by atoms with Gasteiger partial charge in [0.05, 0.1) is 12.7 Å². The number of unbranched alkanes of at least 4 members (excludes halogenated alkanes) is 7. The van der Waals surface area contributed by atoms with E-state index in [1.807, 2.05) is 0 Å². The number of aliphatic hydroxyl groups excluding tert-OH is 2. The summed E-state index contributed by atoms with van der Waals surface area (Å²) in [5, 5.41) is 28.1. The monoisotopic (exact) mass is 246 g/mol. The minimum atomic E-state index is -1.35. The van der Waals surface area contributed by atoms with Crippen LogP contribution in [0.1, 0.15) is 71.6 Å². The van der Waals surface area contributed by atoms with Crippen LogP contribution >= 0.6 is 0 Å². The summed E-state index contributed by atoms with van der Waals surface area (Å²) in [6.45, 7) is 3.31. The molecule has 0 rings (SSSR count). The first-order valence-electron chi connectivity index (χ1n) is 7.06. The zero-order valence-electron chi connectivity index (χ0n) is 11.5. The lowest BCUT2D eigenvalue weighted by Crippen LogP contribution is -2.42. The smallest absolute Gasteiger partial charge is 0.111 e. The van der Waals surface area contributed by atoms with E-state index in [1.54, 1.807) is 0 Å². The number of aliphatic hydroxyl groups is 3. The van der Waals surface area contributed by atoms with Gasteiger partial charge in [0, 0.05) is 0 Å². The van der Waals surface area contributed by atoms with Gasteiger partial charge < -0.3 is 15.3 Å². The molecule has 0 saturated carbocycles. The van der Waals surface area contributed by atoms with E-state index >= 15 is 0 Å². The molecule has 0 spiro atoms. The van der Waals surface area contributed by atoms with E-state index in [9.17, 15) is 10.2 Å². The second-order valence-electron chi connectivity index (χ2n) is 5.29. The van der Waals surface area contributed by atoms with Gasteiger partial charge in [0.15, 0.2) is 0 Å². The molecular weight excluding hydrogens is 216 g/mol. The van der Waals surface area contributed by atoms with Gasteiger partial charge in [-0.25, -0.2) is 0 Å². The Morgan fingerprint density at radius 2 is 1.41 bits per heavy atom. The maximum absolute atomic E-state index is 9.64. The molecule has 0 amide bonds. The second-order valence-corrected chi connectivity index (χ2v) is 5.29. The summed E-state index contributed by atoms with van der Waals surface area (Å²) in [6.07, 6.45) is 9.51. The van der Waals surface area contributed by atoms with Crippen molar-refractivity contribution in [3.05, 3.63) is 0 Å². The molecule has 3 N–H and O–H groups in total. The van der Waals surface area contributed by atoms with Crippen molar-refractivity contribution in [2.24, 2.45) is 0 Å². The summed E-state index contributed by atoms with van der Waals surface area (Å²) in [7, 11) is 0. The Balaban J connectivity index is 3.34. The molecule has 0 heterocycles. The molecule has 0 bridgehead atoms. The Hall–Kier alpha value is -0.120. The number of hydrogen-bond acceptors (Lipinski definition) is 3. The highest BCUT2D eigenvalue weighted by Crippen LogP contribution is 2.16. The predicted molar refractivity (Wildman–Crippen MR) is 70.9 cm³/mol. The molecule has 0 aromatic carbocycles.